The number of benzene rings is 1. The summed E-state index contributed by atoms with van der Waals surface area (Å²) in [7, 11) is -2.54. The van der Waals surface area contributed by atoms with E-state index in [0.717, 1.165) is 4.31 Å². The van der Waals surface area contributed by atoms with Crippen LogP contribution < -0.4 is 5.73 Å². The second-order valence-corrected chi connectivity index (χ2v) is 7.42. The average molecular weight is 315 g/mol. The maximum Gasteiger partial charge on any atom is 0.312 e. The van der Waals surface area contributed by atoms with Crippen molar-refractivity contribution in [3.63, 3.8) is 0 Å². The molecule has 8 heteroatoms. The first kappa shape index (κ1) is 17.4. The van der Waals surface area contributed by atoms with Gasteiger partial charge in [0.05, 0.1) is 4.92 Å². The van der Waals surface area contributed by atoms with Gasteiger partial charge in [-0.1, -0.05) is 19.9 Å². The van der Waals surface area contributed by atoms with Crippen LogP contribution in [0.2, 0.25) is 0 Å². The van der Waals surface area contributed by atoms with E-state index in [2.05, 4.69) is 0 Å². The van der Waals surface area contributed by atoms with Gasteiger partial charge >= 0.3 is 5.69 Å². The van der Waals surface area contributed by atoms with Gasteiger partial charge in [-0.2, -0.15) is 4.31 Å². The number of nitrogens with two attached hydrogens (primary N) is 1. The van der Waals surface area contributed by atoms with E-state index < -0.39 is 20.6 Å². The lowest BCUT2D eigenvalue weighted by molar-refractivity contribution is -0.386. The zero-order chi connectivity index (χ0) is 16.4. The molecule has 0 saturated carbocycles. The molecule has 0 aromatic heterocycles. The molecule has 2 N–H and O–H groups in total. The monoisotopic (exact) mass is 315 g/mol. The molecular weight excluding hydrogens is 294 g/mol. The van der Waals surface area contributed by atoms with Crippen molar-refractivity contribution in [2.75, 3.05) is 12.8 Å². The Morgan fingerprint density at radius 3 is 2.38 bits per heavy atom. The molecule has 0 heterocycles. The summed E-state index contributed by atoms with van der Waals surface area (Å²) >= 11 is 0. The summed E-state index contributed by atoms with van der Waals surface area (Å²) in [5, 5.41) is 11.1. The van der Waals surface area contributed by atoms with Crippen LogP contribution in [-0.4, -0.2) is 30.7 Å². The van der Waals surface area contributed by atoms with Crippen molar-refractivity contribution < 1.29 is 13.3 Å². The molecule has 1 aromatic rings. The highest BCUT2D eigenvalue weighted by molar-refractivity contribution is 7.89. The third-order valence-electron chi connectivity index (χ3n) is 3.30. The first-order chi connectivity index (χ1) is 9.59. The molecule has 1 rings (SSSR count). The molecule has 0 aliphatic heterocycles. The zero-order valence-corrected chi connectivity index (χ0v) is 13.4. The van der Waals surface area contributed by atoms with Crippen LogP contribution in [0.4, 0.5) is 11.4 Å². The molecule has 0 radical (unpaired) electrons. The summed E-state index contributed by atoms with van der Waals surface area (Å²) in [6, 6.07) is 3.66. The quantitative estimate of drug-likeness (QED) is 0.492. The SMILES string of the molecule is CC(C)CC(C)N(C)S(=O)(=O)c1cccc(N)c1[N+](=O)[O-]. The van der Waals surface area contributed by atoms with Crippen molar-refractivity contribution in [2.45, 2.75) is 38.1 Å². The number of anilines is 1. The van der Waals surface area contributed by atoms with Gasteiger partial charge in [-0.05, 0) is 31.4 Å². The second-order valence-electron chi connectivity index (χ2n) is 5.45. The Labute approximate surface area is 124 Å². The number of hydrogen-bond acceptors (Lipinski definition) is 5. The lowest BCUT2D eigenvalue weighted by atomic mass is 10.1. The van der Waals surface area contributed by atoms with Gasteiger partial charge in [-0.3, -0.25) is 10.1 Å². The van der Waals surface area contributed by atoms with Crippen LogP contribution >= 0.6 is 0 Å². The minimum Gasteiger partial charge on any atom is -0.393 e. The molecule has 0 bridgehead atoms. The summed E-state index contributed by atoms with van der Waals surface area (Å²) in [4.78, 5) is 9.97. The molecule has 0 amide bonds. The van der Waals surface area contributed by atoms with E-state index in [1.807, 2.05) is 13.8 Å². The number of nitrogens with zero attached hydrogens (tertiary/aromatic N) is 2. The second kappa shape index (κ2) is 6.40. The largest absolute Gasteiger partial charge is 0.393 e. The van der Waals surface area contributed by atoms with Gasteiger partial charge in [0.25, 0.3) is 0 Å². The van der Waals surface area contributed by atoms with E-state index in [9.17, 15) is 18.5 Å². The van der Waals surface area contributed by atoms with Crippen LogP contribution in [0.5, 0.6) is 0 Å². The van der Waals surface area contributed by atoms with E-state index in [0.29, 0.717) is 12.3 Å². The maximum atomic E-state index is 12.6. The topological polar surface area (TPSA) is 107 Å². The van der Waals surface area contributed by atoms with Gasteiger partial charge in [0.2, 0.25) is 10.0 Å². The van der Waals surface area contributed by atoms with Crippen LogP contribution in [0.25, 0.3) is 0 Å². The van der Waals surface area contributed by atoms with Crippen molar-refractivity contribution in [3.8, 4) is 0 Å². The summed E-state index contributed by atoms with van der Waals surface area (Å²) in [6.45, 7) is 5.75. The van der Waals surface area contributed by atoms with E-state index >= 15 is 0 Å². The Kier molecular flexibility index (Phi) is 5.30. The fourth-order valence-electron chi connectivity index (χ4n) is 2.17. The highest BCUT2D eigenvalue weighted by atomic mass is 32.2. The van der Waals surface area contributed by atoms with Crippen molar-refractivity contribution in [2.24, 2.45) is 5.92 Å². The summed E-state index contributed by atoms with van der Waals surface area (Å²) in [5.74, 6) is 0.313. The molecule has 1 atom stereocenters. The molecule has 7 nitrogen and oxygen atoms in total. The molecular formula is C13H21N3O4S. The van der Waals surface area contributed by atoms with Crippen molar-refractivity contribution in [1.29, 1.82) is 0 Å². The Hall–Kier alpha value is -1.67. The lowest BCUT2D eigenvalue weighted by Crippen LogP contribution is -2.36. The Bertz CT molecular complexity index is 628. The van der Waals surface area contributed by atoms with Crippen LogP contribution in [0.1, 0.15) is 27.2 Å². The summed E-state index contributed by atoms with van der Waals surface area (Å²) in [6.07, 6.45) is 0.659. The fraction of sp³-hybridized carbons (Fsp3) is 0.538. The van der Waals surface area contributed by atoms with Gasteiger partial charge in [0.1, 0.15) is 5.69 Å². The number of nitrogen functional groups attached to an aromatic ring is 1. The predicted octanol–water partition coefficient (Wildman–Crippen LogP) is 2.23. The Morgan fingerprint density at radius 2 is 1.90 bits per heavy atom. The number of hydrogen-bond donors (Lipinski definition) is 1. The van der Waals surface area contributed by atoms with E-state index in [1.54, 1.807) is 6.92 Å². The van der Waals surface area contributed by atoms with E-state index in [1.165, 1.54) is 25.2 Å². The third kappa shape index (κ3) is 3.70. The average Bonchev–Trinajstić information content (AvgIpc) is 2.36. The third-order valence-corrected chi connectivity index (χ3v) is 5.31. The molecule has 0 aliphatic carbocycles. The van der Waals surface area contributed by atoms with Gasteiger partial charge in [-0.25, -0.2) is 8.42 Å². The van der Waals surface area contributed by atoms with Crippen molar-refractivity contribution in [3.05, 3.63) is 28.3 Å². The molecule has 0 fully saturated rings. The normalized spacial score (nSPS) is 13.6. The maximum absolute atomic E-state index is 12.6. The van der Waals surface area contributed by atoms with Gasteiger partial charge in [-0.15, -0.1) is 0 Å². The highest BCUT2D eigenvalue weighted by Crippen LogP contribution is 2.32. The van der Waals surface area contributed by atoms with E-state index in [-0.39, 0.29) is 16.6 Å². The van der Waals surface area contributed by atoms with Gasteiger partial charge in [0.15, 0.2) is 4.90 Å². The summed E-state index contributed by atoms with van der Waals surface area (Å²) in [5.41, 5.74) is 4.82. The molecule has 1 aromatic carbocycles. The molecule has 0 aliphatic rings. The first-order valence-corrected chi connectivity index (χ1v) is 8.04. The zero-order valence-electron chi connectivity index (χ0n) is 12.6. The van der Waals surface area contributed by atoms with Gasteiger partial charge < -0.3 is 5.73 Å². The lowest BCUT2D eigenvalue weighted by Gasteiger charge is -2.25. The molecule has 21 heavy (non-hydrogen) atoms. The van der Waals surface area contributed by atoms with Crippen LogP contribution in [-0.2, 0) is 10.0 Å². The number of rotatable bonds is 6. The Morgan fingerprint density at radius 1 is 1.33 bits per heavy atom. The van der Waals surface area contributed by atoms with Crippen molar-refractivity contribution in [1.82, 2.24) is 4.31 Å². The number of sulfonamides is 1. The van der Waals surface area contributed by atoms with Crippen LogP contribution in [0, 0.1) is 16.0 Å². The van der Waals surface area contributed by atoms with Crippen molar-refractivity contribution >= 4 is 21.4 Å². The fourth-order valence-corrected chi connectivity index (χ4v) is 3.72. The number of nitro benzene ring substituents is 1. The van der Waals surface area contributed by atoms with E-state index in [4.69, 9.17) is 5.73 Å². The Balaban J connectivity index is 3.32. The highest BCUT2D eigenvalue weighted by Gasteiger charge is 2.33. The number of nitro groups is 1. The molecule has 1 unspecified atom stereocenters. The smallest absolute Gasteiger partial charge is 0.312 e. The molecule has 118 valence electrons. The number of para-hydroxylation sites is 1. The molecule has 0 spiro atoms. The van der Waals surface area contributed by atoms with Crippen LogP contribution in [0.15, 0.2) is 23.1 Å². The molecule has 0 saturated heterocycles. The van der Waals surface area contributed by atoms with Crippen LogP contribution in [0.3, 0.4) is 0 Å². The first-order valence-electron chi connectivity index (χ1n) is 6.60. The van der Waals surface area contributed by atoms with Gasteiger partial charge in [0, 0.05) is 13.1 Å². The predicted molar refractivity (Wildman–Crippen MR) is 81.4 cm³/mol. The minimum absolute atomic E-state index is 0.161. The minimum atomic E-state index is -3.97. The summed E-state index contributed by atoms with van der Waals surface area (Å²) < 4.78 is 26.4. The standard InChI is InChI=1S/C13H21N3O4S/c1-9(2)8-10(3)15(4)21(19,20)12-7-5-6-11(14)13(12)16(17)18/h5-7,9-10H,8,14H2,1-4H3.